The number of benzene rings is 1. The van der Waals surface area contributed by atoms with Crippen molar-refractivity contribution in [2.75, 3.05) is 0 Å². The van der Waals surface area contributed by atoms with E-state index in [0.717, 1.165) is 11.3 Å². The first-order valence-electron chi connectivity index (χ1n) is 5.36. The van der Waals surface area contributed by atoms with E-state index in [9.17, 15) is 0 Å². The molecule has 0 saturated heterocycles. The normalized spacial score (nSPS) is 12.4. The first kappa shape index (κ1) is 12.0. The standard InChI is InChI=1S/C12H13ClN4/c1-8(14)6-12-16-11(7-15-17-12)9-4-2-3-5-10(9)13/h2-5,7-8H,6,14H2,1H3. The van der Waals surface area contributed by atoms with Gasteiger partial charge in [-0.05, 0) is 13.0 Å². The Morgan fingerprint density at radius 3 is 2.82 bits per heavy atom. The Hall–Kier alpha value is -1.52. The third-order valence-electron chi connectivity index (χ3n) is 2.26. The van der Waals surface area contributed by atoms with Gasteiger partial charge in [-0.1, -0.05) is 29.8 Å². The lowest BCUT2D eigenvalue weighted by molar-refractivity contribution is 0.686. The van der Waals surface area contributed by atoms with Gasteiger partial charge in [0.2, 0.25) is 0 Å². The number of halogens is 1. The molecule has 2 aromatic rings. The zero-order valence-electron chi connectivity index (χ0n) is 9.47. The number of hydrogen-bond acceptors (Lipinski definition) is 4. The van der Waals surface area contributed by atoms with E-state index in [1.54, 1.807) is 6.20 Å². The van der Waals surface area contributed by atoms with Gasteiger partial charge in [0.05, 0.1) is 16.9 Å². The summed E-state index contributed by atoms with van der Waals surface area (Å²) >= 11 is 6.10. The van der Waals surface area contributed by atoms with E-state index in [-0.39, 0.29) is 6.04 Å². The van der Waals surface area contributed by atoms with Crippen molar-refractivity contribution in [3.63, 3.8) is 0 Å². The molecule has 2 N–H and O–H groups in total. The van der Waals surface area contributed by atoms with E-state index < -0.39 is 0 Å². The molecule has 0 fully saturated rings. The number of hydrogen-bond donors (Lipinski definition) is 1. The highest BCUT2D eigenvalue weighted by molar-refractivity contribution is 6.33. The van der Waals surface area contributed by atoms with Gasteiger partial charge in [0, 0.05) is 18.0 Å². The molecule has 0 amide bonds. The summed E-state index contributed by atoms with van der Waals surface area (Å²) in [5.41, 5.74) is 7.29. The van der Waals surface area contributed by atoms with Crippen LogP contribution in [0.25, 0.3) is 11.3 Å². The van der Waals surface area contributed by atoms with Crippen LogP contribution in [0.3, 0.4) is 0 Å². The Morgan fingerprint density at radius 2 is 2.12 bits per heavy atom. The van der Waals surface area contributed by atoms with E-state index in [1.165, 1.54) is 0 Å². The van der Waals surface area contributed by atoms with Crippen LogP contribution >= 0.6 is 11.6 Å². The van der Waals surface area contributed by atoms with Crippen molar-refractivity contribution in [2.45, 2.75) is 19.4 Å². The van der Waals surface area contributed by atoms with Gasteiger partial charge in [-0.15, -0.1) is 5.10 Å². The molecule has 1 aromatic carbocycles. The maximum absolute atomic E-state index is 6.10. The van der Waals surface area contributed by atoms with Gasteiger partial charge >= 0.3 is 0 Å². The fraction of sp³-hybridized carbons (Fsp3) is 0.250. The van der Waals surface area contributed by atoms with Crippen LogP contribution in [-0.2, 0) is 6.42 Å². The molecule has 0 aliphatic carbocycles. The van der Waals surface area contributed by atoms with Crippen LogP contribution in [0.15, 0.2) is 30.5 Å². The molecule has 0 aliphatic rings. The highest BCUT2D eigenvalue weighted by Crippen LogP contribution is 2.24. The van der Waals surface area contributed by atoms with Crippen molar-refractivity contribution in [2.24, 2.45) is 5.73 Å². The quantitative estimate of drug-likeness (QED) is 0.903. The molecule has 1 heterocycles. The molecule has 5 heteroatoms. The van der Waals surface area contributed by atoms with Crippen molar-refractivity contribution in [3.8, 4) is 11.3 Å². The SMILES string of the molecule is CC(N)Cc1nncc(-c2ccccc2Cl)n1. The minimum absolute atomic E-state index is 0.0123. The third kappa shape index (κ3) is 2.99. The first-order chi connectivity index (χ1) is 8.16. The fourth-order valence-corrected chi connectivity index (χ4v) is 1.75. The lowest BCUT2D eigenvalue weighted by Gasteiger charge is -2.06. The topological polar surface area (TPSA) is 64.7 Å². The molecule has 0 saturated carbocycles. The van der Waals surface area contributed by atoms with Crippen LogP contribution in [0.2, 0.25) is 5.02 Å². The van der Waals surface area contributed by atoms with Crippen molar-refractivity contribution >= 4 is 11.6 Å². The number of aromatic nitrogens is 3. The van der Waals surface area contributed by atoms with Crippen LogP contribution in [0, 0.1) is 0 Å². The second kappa shape index (κ2) is 5.21. The van der Waals surface area contributed by atoms with Crippen LogP contribution < -0.4 is 5.73 Å². The number of rotatable bonds is 3. The van der Waals surface area contributed by atoms with Crippen LogP contribution in [0.5, 0.6) is 0 Å². The van der Waals surface area contributed by atoms with Gasteiger partial charge in [-0.2, -0.15) is 5.10 Å². The Balaban J connectivity index is 2.37. The van der Waals surface area contributed by atoms with Crippen molar-refractivity contribution in [1.29, 1.82) is 0 Å². The maximum atomic E-state index is 6.10. The summed E-state index contributed by atoms with van der Waals surface area (Å²) < 4.78 is 0. The van der Waals surface area contributed by atoms with Gasteiger partial charge in [-0.25, -0.2) is 4.98 Å². The monoisotopic (exact) mass is 248 g/mol. The van der Waals surface area contributed by atoms with Gasteiger partial charge in [0.25, 0.3) is 0 Å². The summed E-state index contributed by atoms with van der Waals surface area (Å²) in [6, 6.07) is 7.53. The summed E-state index contributed by atoms with van der Waals surface area (Å²) in [5, 5.41) is 8.53. The van der Waals surface area contributed by atoms with E-state index >= 15 is 0 Å². The molecule has 0 bridgehead atoms. The second-order valence-electron chi connectivity index (χ2n) is 3.92. The lowest BCUT2D eigenvalue weighted by Crippen LogP contribution is -2.19. The smallest absolute Gasteiger partial charge is 0.153 e. The number of nitrogens with zero attached hydrogens (tertiary/aromatic N) is 3. The minimum atomic E-state index is 0.0123. The van der Waals surface area contributed by atoms with Gasteiger partial charge < -0.3 is 5.73 Å². The molecule has 88 valence electrons. The van der Waals surface area contributed by atoms with Crippen molar-refractivity contribution in [3.05, 3.63) is 41.3 Å². The van der Waals surface area contributed by atoms with E-state index in [1.807, 2.05) is 31.2 Å². The average Bonchev–Trinajstić information content (AvgIpc) is 2.29. The van der Waals surface area contributed by atoms with E-state index in [4.69, 9.17) is 17.3 Å². The highest BCUT2D eigenvalue weighted by atomic mass is 35.5. The molecule has 4 nitrogen and oxygen atoms in total. The van der Waals surface area contributed by atoms with Gasteiger partial charge in [0.15, 0.2) is 5.82 Å². The first-order valence-corrected chi connectivity index (χ1v) is 5.73. The molecule has 1 unspecified atom stereocenters. The Kier molecular flexibility index (Phi) is 3.66. The van der Waals surface area contributed by atoms with Crippen molar-refractivity contribution < 1.29 is 0 Å². The summed E-state index contributed by atoms with van der Waals surface area (Å²) in [6.07, 6.45) is 2.21. The minimum Gasteiger partial charge on any atom is -0.328 e. The molecule has 1 atom stereocenters. The molecule has 0 spiro atoms. The summed E-state index contributed by atoms with van der Waals surface area (Å²) in [6.45, 7) is 1.91. The van der Waals surface area contributed by atoms with E-state index in [0.29, 0.717) is 17.3 Å². The van der Waals surface area contributed by atoms with Crippen LogP contribution in [-0.4, -0.2) is 21.2 Å². The third-order valence-corrected chi connectivity index (χ3v) is 2.59. The average molecular weight is 249 g/mol. The molecule has 17 heavy (non-hydrogen) atoms. The van der Waals surface area contributed by atoms with Crippen LogP contribution in [0.4, 0.5) is 0 Å². The van der Waals surface area contributed by atoms with Crippen LogP contribution in [0.1, 0.15) is 12.7 Å². The largest absolute Gasteiger partial charge is 0.328 e. The molecular formula is C12H13ClN4. The molecule has 1 aromatic heterocycles. The molecule has 2 rings (SSSR count). The predicted molar refractivity (Wildman–Crippen MR) is 67.6 cm³/mol. The molecule has 0 aliphatic heterocycles. The zero-order chi connectivity index (χ0) is 12.3. The van der Waals surface area contributed by atoms with Gasteiger partial charge in [0.1, 0.15) is 0 Å². The molecule has 0 radical (unpaired) electrons. The Bertz CT molecular complexity index is 513. The summed E-state index contributed by atoms with van der Waals surface area (Å²) in [4.78, 5) is 4.41. The maximum Gasteiger partial charge on any atom is 0.153 e. The highest BCUT2D eigenvalue weighted by Gasteiger charge is 2.07. The van der Waals surface area contributed by atoms with Crippen molar-refractivity contribution in [1.82, 2.24) is 15.2 Å². The number of nitrogens with two attached hydrogens (primary N) is 1. The van der Waals surface area contributed by atoms with E-state index in [2.05, 4.69) is 15.2 Å². The zero-order valence-corrected chi connectivity index (χ0v) is 10.2. The molecular weight excluding hydrogens is 236 g/mol. The second-order valence-corrected chi connectivity index (χ2v) is 4.33. The Morgan fingerprint density at radius 1 is 1.35 bits per heavy atom. The fourth-order valence-electron chi connectivity index (χ4n) is 1.51. The lowest BCUT2D eigenvalue weighted by atomic mass is 10.1. The predicted octanol–water partition coefficient (Wildman–Crippen LogP) is 2.08. The summed E-state index contributed by atoms with van der Waals surface area (Å²) in [7, 11) is 0. The summed E-state index contributed by atoms with van der Waals surface area (Å²) in [5.74, 6) is 0.636. The Labute approximate surface area is 105 Å². The van der Waals surface area contributed by atoms with Gasteiger partial charge in [-0.3, -0.25) is 0 Å².